The Morgan fingerprint density at radius 1 is 1.00 bits per heavy atom. The van der Waals surface area contributed by atoms with Crippen molar-refractivity contribution in [3.8, 4) is 5.69 Å². The van der Waals surface area contributed by atoms with E-state index in [4.69, 9.17) is 0 Å². The third-order valence-corrected chi connectivity index (χ3v) is 5.45. The lowest BCUT2D eigenvalue weighted by atomic mass is 9.95. The van der Waals surface area contributed by atoms with Crippen LogP contribution in [-0.4, -0.2) is 30.6 Å². The standard InChI is InChI=1S/C23H23IN8O/c1-23(2,3)21(33)30-19-7-5-4-6-18(19)29-20-17(24)12-26-22(31-20)28-15-8-10-16(11-9-15)32-14-25-13-27-32/h4-14H,1-3H3,(H,30,33)(H2,26,28,29,31). The van der Waals surface area contributed by atoms with Gasteiger partial charge in [0.15, 0.2) is 0 Å². The van der Waals surface area contributed by atoms with E-state index in [-0.39, 0.29) is 5.91 Å². The molecule has 0 spiro atoms. The van der Waals surface area contributed by atoms with Crippen LogP contribution in [0, 0.1) is 8.99 Å². The van der Waals surface area contributed by atoms with E-state index in [0.29, 0.717) is 17.5 Å². The van der Waals surface area contributed by atoms with Gasteiger partial charge in [-0.2, -0.15) is 10.1 Å². The van der Waals surface area contributed by atoms with Crippen molar-refractivity contribution in [1.29, 1.82) is 0 Å². The highest BCUT2D eigenvalue weighted by Crippen LogP contribution is 2.29. The number of carbonyl (C=O) groups excluding carboxylic acids is 1. The fourth-order valence-corrected chi connectivity index (χ4v) is 3.22. The molecule has 0 bridgehead atoms. The van der Waals surface area contributed by atoms with Crippen molar-refractivity contribution in [2.75, 3.05) is 16.0 Å². The number of carbonyl (C=O) groups is 1. The van der Waals surface area contributed by atoms with E-state index in [1.165, 1.54) is 6.33 Å². The van der Waals surface area contributed by atoms with Gasteiger partial charge in [-0.25, -0.2) is 14.6 Å². The number of anilines is 5. The molecule has 0 aliphatic carbocycles. The summed E-state index contributed by atoms with van der Waals surface area (Å²) in [5, 5.41) is 13.6. The van der Waals surface area contributed by atoms with Crippen molar-refractivity contribution in [2.24, 2.45) is 5.41 Å². The molecule has 2 heterocycles. The highest BCUT2D eigenvalue weighted by molar-refractivity contribution is 14.1. The second-order valence-electron chi connectivity index (χ2n) is 8.28. The summed E-state index contributed by atoms with van der Waals surface area (Å²) in [6.07, 6.45) is 4.87. The number of hydrogen-bond acceptors (Lipinski definition) is 7. The van der Waals surface area contributed by atoms with E-state index in [0.717, 1.165) is 20.6 Å². The van der Waals surface area contributed by atoms with Crippen molar-refractivity contribution >= 4 is 57.3 Å². The fraction of sp³-hybridized carbons (Fsp3) is 0.174. The minimum atomic E-state index is -0.503. The highest BCUT2D eigenvalue weighted by atomic mass is 127. The van der Waals surface area contributed by atoms with Gasteiger partial charge in [0, 0.05) is 17.3 Å². The summed E-state index contributed by atoms with van der Waals surface area (Å²) in [7, 11) is 0. The molecule has 0 radical (unpaired) electrons. The molecule has 168 valence electrons. The molecule has 0 saturated heterocycles. The van der Waals surface area contributed by atoms with Crippen LogP contribution in [0.3, 0.4) is 0 Å². The van der Waals surface area contributed by atoms with Gasteiger partial charge < -0.3 is 16.0 Å². The van der Waals surface area contributed by atoms with E-state index < -0.39 is 5.41 Å². The Hall–Kier alpha value is -3.54. The van der Waals surface area contributed by atoms with E-state index in [9.17, 15) is 4.79 Å². The molecule has 3 N–H and O–H groups in total. The van der Waals surface area contributed by atoms with Gasteiger partial charge in [-0.15, -0.1) is 0 Å². The first-order valence-electron chi connectivity index (χ1n) is 10.2. The molecule has 0 aliphatic heterocycles. The molecule has 0 saturated carbocycles. The van der Waals surface area contributed by atoms with E-state index in [1.807, 2.05) is 69.3 Å². The molecule has 33 heavy (non-hydrogen) atoms. The Labute approximate surface area is 205 Å². The van der Waals surface area contributed by atoms with Crippen LogP contribution in [0.25, 0.3) is 5.69 Å². The van der Waals surface area contributed by atoms with Crippen molar-refractivity contribution in [2.45, 2.75) is 20.8 Å². The predicted octanol–water partition coefficient (Wildman–Crippen LogP) is 5.13. The van der Waals surface area contributed by atoms with E-state index in [1.54, 1.807) is 17.2 Å². The molecular formula is C23H23IN8O. The number of nitrogens with one attached hydrogen (secondary N) is 3. The zero-order valence-corrected chi connectivity index (χ0v) is 20.5. The molecule has 10 heteroatoms. The van der Waals surface area contributed by atoms with Crippen LogP contribution in [0.1, 0.15) is 20.8 Å². The number of halogens is 1. The number of aromatic nitrogens is 5. The van der Waals surface area contributed by atoms with Crippen LogP contribution in [0.5, 0.6) is 0 Å². The molecule has 0 atom stereocenters. The summed E-state index contributed by atoms with van der Waals surface area (Å²) < 4.78 is 2.53. The van der Waals surface area contributed by atoms with E-state index in [2.05, 4.69) is 58.6 Å². The van der Waals surface area contributed by atoms with Crippen molar-refractivity contribution in [3.63, 3.8) is 0 Å². The average Bonchev–Trinajstić information content (AvgIpc) is 3.32. The lowest BCUT2D eigenvalue weighted by Gasteiger charge is -2.20. The summed E-state index contributed by atoms with van der Waals surface area (Å²) >= 11 is 2.18. The first-order chi connectivity index (χ1) is 15.8. The molecule has 0 aliphatic rings. The third kappa shape index (κ3) is 5.64. The maximum atomic E-state index is 12.5. The maximum Gasteiger partial charge on any atom is 0.229 e. The largest absolute Gasteiger partial charge is 0.337 e. The maximum absolute atomic E-state index is 12.5. The molecule has 2 aromatic heterocycles. The quantitative estimate of drug-likeness (QED) is 0.284. The number of hydrogen-bond donors (Lipinski definition) is 3. The molecule has 0 fully saturated rings. The molecule has 4 rings (SSSR count). The first kappa shape index (κ1) is 22.6. The summed E-state index contributed by atoms with van der Waals surface area (Å²) in [6.45, 7) is 5.63. The summed E-state index contributed by atoms with van der Waals surface area (Å²) in [6, 6.07) is 15.2. The molecular weight excluding hydrogens is 531 g/mol. The van der Waals surface area contributed by atoms with Crippen LogP contribution >= 0.6 is 22.6 Å². The van der Waals surface area contributed by atoms with Gasteiger partial charge in [-0.1, -0.05) is 32.9 Å². The number of para-hydroxylation sites is 2. The number of benzene rings is 2. The molecule has 0 unspecified atom stereocenters. The SMILES string of the molecule is CC(C)(C)C(=O)Nc1ccccc1Nc1nc(Nc2ccc(-n3cncn3)cc2)ncc1I. The second kappa shape index (κ2) is 9.53. The third-order valence-electron chi connectivity index (χ3n) is 4.66. The van der Waals surface area contributed by atoms with Crippen molar-refractivity contribution in [3.05, 3.63) is 71.0 Å². The van der Waals surface area contributed by atoms with Crippen LogP contribution in [0.4, 0.5) is 28.8 Å². The van der Waals surface area contributed by atoms with Gasteiger partial charge in [-0.05, 0) is 59.0 Å². The zero-order valence-electron chi connectivity index (χ0n) is 18.4. The Morgan fingerprint density at radius 2 is 1.73 bits per heavy atom. The van der Waals surface area contributed by atoms with Gasteiger partial charge in [-0.3, -0.25) is 4.79 Å². The van der Waals surface area contributed by atoms with Crippen LogP contribution in [0.2, 0.25) is 0 Å². The lowest BCUT2D eigenvalue weighted by molar-refractivity contribution is -0.123. The lowest BCUT2D eigenvalue weighted by Crippen LogP contribution is -2.27. The Morgan fingerprint density at radius 3 is 2.39 bits per heavy atom. The summed E-state index contributed by atoms with van der Waals surface area (Å²) in [5.41, 5.74) is 2.67. The minimum absolute atomic E-state index is 0.0640. The van der Waals surface area contributed by atoms with Gasteiger partial charge >= 0.3 is 0 Å². The molecule has 4 aromatic rings. The predicted molar refractivity (Wildman–Crippen MR) is 137 cm³/mol. The number of amides is 1. The fourth-order valence-electron chi connectivity index (χ4n) is 2.82. The van der Waals surface area contributed by atoms with Crippen LogP contribution < -0.4 is 16.0 Å². The zero-order chi connectivity index (χ0) is 23.4. The van der Waals surface area contributed by atoms with Gasteiger partial charge in [0.05, 0.1) is 20.6 Å². The van der Waals surface area contributed by atoms with Crippen LogP contribution in [0.15, 0.2) is 67.4 Å². The highest BCUT2D eigenvalue weighted by Gasteiger charge is 2.22. The van der Waals surface area contributed by atoms with Gasteiger partial charge in [0.25, 0.3) is 0 Å². The normalized spacial score (nSPS) is 11.2. The smallest absolute Gasteiger partial charge is 0.229 e. The number of rotatable bonds is 6. The molecule has 2 aromatic carbocycles. The average molecular weight is 554 g/mol. The van der Waals surface area contributed by atoms with Crippen molar-refractivity contribution < 1.29 is 4.79 Å². The first-order valence-corrected chi connectivity index (χ1v) is 11.3. The summed E-state index contributed by atoms with van der Waals surface area (Å²) in [5.74, 6) is 1.01. The van der Waals surface area contributed by atoms with E-state index >= 15 is 0 Å². The number of nitrogens with zero attached hydrogens (tertiary/aromatic N) is 5. The Bertz CT molecular complexity index is 1250. The van der Waals surface area contributed by atoms with Crippen molar-refractivity contribution in [1.82, 2.24) is 24.7 Å². The Kier molecular flexibility index (Phi) is 6.54. The minimum Gasteiger partial charge on any atom is -0.337 e. The molecule has 9 nitrogen and oxygen atoms in total. The topological polar surface area (TPSA) is 110 Å². The Balaban J connectivity index is 1.52. The monoisotopic (exact) mass is 554 g/mol. The second-order valence-corrected chi connectivity index (χ2v) is 9.44. The van der Waals surface area contributed by atoms with Crippen LogP contribution in [-0.2, 0) is 4.79 Å². The van der Waals surface area contributed by atoms with Gasteiger partial charge in [0.2, 0.25) is 11.9 Å². The molecule has 1 amide bonds. The van der Waals surface area contributed by atoms with Gasteiger partial charge in [0.1, 0.15) is 18.5 Å². The summed E-state index contributed by atoms with van der Waals surface area (Å²) in [4.78, 5) is 25.4.